The Morgan fingerprint density at radius 1 is 1.45 bits per heavy atom. The Kier molecular flexibility index (Phi) is 3.70. The van der Waals surface area contributed by atoms with Gasteiger partial charge in [-0.2, -0.15) is 0 Å². The van der Waals surface area contributed by atoms with Crippen LogP contribution < -0.4 is 4.90 Å². The van der Waals surface area contributed by atoms with E-state index in [0.717, 1.165) is 47.1 Å². The van der Waals surface area contributed by atoms with Gasteiger partial charge in [-0.1, -0.05) is 0 Å². The summed E-state index contributed by atoms with van der Waals surface area (Å²) in [5, 5.41) is 0. The lowest BCUT2D eigenvalue weighted by atomic mass is 9.94. The summed E-state index contributed by atoms with van der Waals surface area (Å²) in [5.74, 6) is 0.422. The van der Waals surface area contributed by atoms with Crippen molar-refractivity contribution in [1.29, 1.82) is 0 Å². The van der Waals surface area contributed by atoms with Crippen molar-refractivity contribution in [3.63, 3.8) is 0 Å². The summed E-state index contributed by atoms with van der Waals surface area (Å²) >= 11 is 3.42. The Morgan fingerprint density at radius 2 is 2.30 bits per heavy atom. The number of hydrogen-bond donors (Lipinski definition) is 0. The summed E-state index contributed by atoms with van der Waals surface area (Å²) < 4.78 is 0.926. The number of piperidine rings is 1. The van der Waals surface area contributed by atoms with E-state index in [1.165, 1.54) is 0 Å². The number of ketones is 1. The lowest BCUT2D eigenvalue weighted by Crippen LogP contribution is -2.38. The molecule has 104 valence electrons. The van der Waals surface area contributed by atoms with Crippen LogP contribution in [0, 0.1) is 5.92 Å². The van der Waals surface area contributed by atoms with E-state index in [9.17, 15) is 4.79 Å². The van der Waals surface area contributed by atoms with Crippen LogP contribution in [-0.4, -0.2) is 28.8 Å². The predicted molar refractivity (Wildman–Crippen MR) is 82.9 cm³/mol. The van der Waals surface area contributed by atoms with Crippen LogP contribution >= 0.6 is 15.9 Å². The monoisotopic (exact) mass is 333 g/mol. The predicted octanol–water partition coefficient (Wildman–Crippen LogP) is 3.20. The molecule has 1 saturated heterocycles. The Balaban J connectivity index is 1.99. The molecule has 0 spiro atoms. The highest BCUT2D eigenvalue weighted by molar-refractivity contribution is 9.10. The van der Waals surface area contributed by atoms with Crippen molar-refractivity contribution < 1.29 is 4.79 Å². The van der Waals surface area contributed by atoms with Gasteiger partial charge in [-0.05, 0) is 47.8 Å². The summed E-state index contributed by atoms with van der Waals surface area (Å²) in [6.45, 7) is 3.45. The first-order valence-corrected chi connectivity index (χ1v) is 7.60. The van der Waals surface area contributed by atoms with Crippen LogP contribution in [0.2, 0.25) is 0 Å². The minimum atomic E-state index is 0.141. The third kappa shape index (κ3) is 2.54. The Bertz CT molecular complexity index is 659. The average molecular weight is 334 g/mol. The summed E-state index contributed by atoms with van der Waals surface area (Å²) in [7, 11) is 0. The number of rotatable bonds is 2. The molecule has 3 rings (SSSR count). The van der Waals surface area contributed by atoms with Crippen LogP contribution in [0.15, 0.2) is 29.0 Å². The van der Waals surface area contributed by atoms with E-state index in [2.05, 4.69) is 30.8 Å². The van der Waals surface area contributed by atoms with Gasteiger partial charge in [-0.15, -0.1) is 0 Å². The minimum absolute atomic E-state index is 0.141. The van der Waals surface area contributed by atoms with E-state index < -0.39 is 0 Å². The van der Waals surface area contributed by atoms with Crippen molar-refractivity contribution in [2.75, 3.05) is 18.0 Å². The molecule has 0 saturated carbocycles. The largest absolute Gasteiger partial charge is 0.369 e. The molecule has 0 aromatic carbocycles. The average Bonchev–Trinajstić information content (AvgIpc) is 2.46. The number of carbonyl (C=O) groups excluding carboxylic acids is 1. The van der Waals surface area contributed by atoms with Crippen LogP contribution in [0.3, 0.4) is 0 Å². The number of halogens is 1. The van der Waals surface area contributed by atoms with Crippen LogP contribution in [0.4, 0.5) is 5.69 Å². The molecule has 1 atom stereocenters. The van der Waals surface area contributed by atoms with Crippen molar-refractivity contribution in [3.8, 4) is 0 Å². The van der Waals surface area contributed by atoms with Crippen LogP contribution in [-0.2, 0) is 4.79 Å². The maximum atomic E-state index is 11.6. The molecule has 0 N–H and O–H groups in total. The van der Waals surface area contributed by atoms with Gasteiger partial charge in [0.1, 0.15) is 11.3 Å². The highest BCUT2D eigenvalue weighted by Crippen LogP contribution is 2.29. The molecule has 20 heavy (non-hydrogen) atoms. The van der Waals surface area contributed by atoms with E-state index in [0.29, 0.717) is 0 Å². The number of pyridine rings is 2. The molecule has 0 radical (unpaired) electrons. The lowest BCUT2D eigenvalue weighted by Gasteiger charge is -2.33. The lowest BCUT2D eigenvalue weighted by molar-refractivity contribution is -0.120. The zero-order valence-electron chi connectivity index (χ0n) is 11.3. The molecule has 0 bridgehead atoms. The molecule has 0 amide bonds. The number of hydrogen-bond acceptors (Lipinski definition) is 4. The van der Waals surface area contributed by atoms with Gasteiger partial charge in [-0.25, -0.2) is 0 Å². The number of anilines is 1. The summed E-state index contributed by atoms with van der Waals surface area (Å²) in [6.07, 6.45) is 5.64. The molecule has 3 heterocycles. The van der Waals surface area contributed by atoms with Crippen LogP contribution in [0.5, 0.6) is 0 Å². The minimum Gasteiger partial charge on any atom is -0.369 e. The maximum Gasteiger partial charge on any atom is 0.134 e. The van der Waals surface area contributed by atoms with Crippen molar-refractivity contribution in [2.24, 2.45) is 5.92 Å². The van der Waals surface area contributed by atoms with Gasteiger partial charge in [0.05, 0.1) is 11.2 Å². The molecule has 5 heteroatoms. The molecule has 1 aliphatic heterocycles. The van der Waals surface area contributed by atoms with Crippen molar-refractivity contribution in [1.82, 2.24) is 9.97 Å². The molecule has 0 aliphatic carbocycles. The van der Waals surface area contributed by atoms with E-state index in [1.807, 2.05) is 18.3 Å². The van der Waals surface area contributed by atoms with E-state index >= 15 is 0 Å². The number of carbonyl (C=O) groups is 1. The summed E-state index contributed by atoms with van der Waals surface area (Å²) in [4.78, 5) is 22.7. The highest BCUT2D eigenvalue weighted by Gasteiger charge is 2.24. The quantitative estimate of drug-likeness (QED) is 0.846. The third-order valence-corrected chi connectivity index (χ3v) is 4.29. The second-order valence-electron chi connectivity index (χ2n) is 5.25. The van der Waals surface area contributed by atoms with Gasteiger partial charge in [0.2, 0.25) is 0 Å². The molecule has 1 unspecified atom stereocenters. The molecule has 1 fully saturated rings. The smallest absolute Gasteiger partial charge is 0.134 e. The Hall–Kier alpha value is -1.49. The maximum absolute atomic E-state index is 11.6. The second-order valence-corrected chi connectivity index (χ2v) is 6.16. The van der Waals surface area contributed by atoms with E-state index in [-0.39, 0.29) is 11.7 Å². The third-order valence-electron chi connectivity index (χ3n) is 3.86. The second kappa shape index (κ2) is 5.48. The van der Waals surface area contributed by atoms with Gasteiger partial charge >= 0.3 is 0 Å². The number of aromatic nitrogens is 2. The molecule has 2 aromatic rings. The summed E-state index contributed by atoms with van der Waals surface area (Å²) in [6, 6.07) is 3.96. The molecule has 4 nitrogen and oxygen atoms in total. The number of Topliss-reactive ketones (excluding diaryl/α,β-unsaturated/α-hetero) is 1. The molecular weight excluding hydrogens is 318 g/mol. The van der Waals surface area contributed by atoms with Gasteiger partial charge in [0, 0.05) is 35.9 Å². The zero-order valence-corrected chi connectivity index (χ0v) is 12.9. The number of fused-ring (bicyclic) bond motifs is 1. The van der Waals surface area contributed by atoms with Gasteiger partial charge in [-0.3, -0.25) is 14.8 Å². The Labute approximate surface area is 126 Å². The Morgan fingerprint density at radius 3 is 3.10 bits per heavy atom. The standard InChI is InChI=1S/C15H16BrN3O/c1-10(20)11-3-2-6-19(9-11)14-4-5-17-13-7-12(16)8-18-15(13)14/h4-5,7-8,11H,2-3,6,9H2,1H3. The normalized spacial score (nSPS) is 19.3. The van der Waals surface area contributed by atoms with Crippen molar-refractivity contribution in [3.05, 3.63) is 29.0 Å². The van der Waals surface area contributed by atoms with Crippen molar-refractivity contribution >= 4 is 38.4 Å². The van der Waals surface area contributed by atoms with Crippen LogP contribution in [0.1, 0.15) is 19.8 Å². The van der Waals surface area contributed by atoms with Gasteiger partial charge < -0.3 is 4.90 Å². The SMILES string of the molecule is CC(=O)C1CCCN(c2ccnc3cc(Br)cnc23)C1. The fourth-order valence-electron chi connectivity index (χ4n) is 2.77. The first-order valence-electron chi connectivity index (χ1n) is 6.81. The number of nitrogens with zero attached hydrogens (tertiary/aromatic N) is 3. The van der Waals surface area contributed by atoms with E-state index in [1.54, 1.807) is 13.1 Å². The highest BCUT2D eigenvalue weighted by atomic mass is 79.9. The van der Waals surface area contributed by atoms with Crippen LogP contribution in [0.25, 0.3) is 11.0 Å². The molecular formula is C15H16BrN3O. The molecule has 2 aromatic heterocycles. The van der Waals surface area contributed by atoms with Gasteiger partial charge in [0.25, 0.3) is 0 Å². The molecule has 1 aliphatic rings. The fraction of sp³-hybridized carbons (Fsp3) is 0.400. The fourth-order valence-corrected chi connectivity index (χ4v) is 3.09. The first kappa shape index (κ1) is 13.5. The zero-order chi connectivity index (χ0) is 14.1. The summed E-state index contributed by atoms with van der Waals surface area (Å²) in [5.41, 5.74) is 2.86. The van der Waals surface area contributed by atoms with Crippen molar-refractivity contribution in [2.45, 2.75) is 19.8 Å². The first-order chi connectivity index (χ1) is 9.65. The topological polar surface area (TPSA) is 46.1 Å². The van der Waals surface area contributed by atoms with Gasteiger partial charge in [0.15, 0.2) is 0 Å². The van der Waals surface area contributed by atoms with E-state index in [4.69, 9.17) is 0 Å².